The molecule has 0 fully saturated rings. The lowest BCUT2D eigenvalue weighted by atomic mass is 10.2. The Morgan fingerprint density at radius 1 is 1.56 bits per heavy atom. The summed E-state index contributed by atoms with van der Waals surface area (Å²) in [4.78, 5) is 20.5. The summed E-state index contributed by atoms with van der Waals surface area (Å²) >= 11 is 0. The topological polar surface area (TPSA) is 34.1 Å². The van der Waals surface area contributed by atoms with Crippen LogP contribution in [0.4, 0.5) is 0 Å². The molecule has 0 aliphatic heterocycles. The summed E-state index contributed by atoms with van der Waals surface area (Å²) in [6.45, 7) is 3.27. The molecule has 0 aliphatic rings. The van der Waals surface area contributed by atoms with E-state index in [1.807, 2.05) is 6.92 Å². The van der Waals surface area contributed by atoms with Gasteiger partial charge in [-0.05, 0) is 13.3 Å². The second-order valence-electron chi connectivity index (χ2n) is 1.74. The lowest BCUT2D eigenvalue weighted by Crippen LogP contribution is -1.96. The van der Waals surface area contributed by atoms with Crippen LogP contribution in [-0.4, -0.2) is 12.1 Å². The third kappa shape index (κ3) is 2.80. The first-order valence-electron chi connectivity index (χ1n) is 2.88. The van der Waals surface area contributed by atoms with Crippen molar-refractivity contribution in [2.24, 2.45) is 0 Å². The highest BCUT2D eigenvalue weighted by atomic mass is 16.1. The van der Waals surface area contributed by atoms with Gasteiger partial charge in [-0.3, -0.25) is 9.59 Å². The van der Waals surface area contributed by atoms with Gasteiger partial charge in [0.25, 0.3) is 0 Å². The van der Waals surface area contributed by atoms with E-state index in [2.05, 4.69) is 0 Å². The van der Waals surface area contributed by atoms with Gasteiger partial charge in [-0.1, -0.05) is 13.0 Å². The zero-order valence-electron chi connectivity index (χ0n) is 5.68. The Labute approximate surface area is 54.6 Å². The molecule has 0 aliphatic carbocycles. The molecule has 0 unspecified atom stereocenters. The van der Waals surface area contributed by atoms with Gasteiger partial charge in [0.2, 0.25) is 0 Å². The van der Waals surface area contributed by atoms with Crippen molar-refractivity contribution in [3.63, 3.8) is 0 Å². The summed E-state index contributed by atoms with van der Waals surface area (Å²) in [6.07, 6.45) is 2.94. The van der Waals surface area contributed by atoms with Gasteiger partial charge >= 0.3 is 0 Å². The van der Waals surface area contributed by atoms with Crippen molar-refractivity contribution in [2.45, 2.75) is 20.3 Å². The molecular weight excluding hydrogens is 116 g/mol. The highest BCUT2D eigenvalue weighted by Gasteiger charge is 1.97. The van der Waals surface area contributed by atoms with Gasteiger partial charge in [0.05, 0.1) is 5.57 Å². The molecule has 0 radical (unpaired) electrons. The molecule has 0 aromatic heterocycles. The largest absolute Gasteiger partial charge is 0.298 e. The first kappa shape index (κ1) is 8.08. The average molecular weight is 126 g/mol. The number of hydrogen-bond donors (Lipinski definition) is 0. The zero-order chi connectivity index (χ0) is 7.28. The molecule has 50 valence electrons. The van der Waals surface area contributed by atoms with Crippen LogP contribution in [-0.2, 0) is 9.59 Å². The Morgan fingerprint density at radius 3 is 2.22 bits per heavy atom. The summed E-state index contributed by atoms with van der Waals surface area (Å²) in [5, 5.41) is 0. The maximum Gasteiger partial charge on any atom is 0.162 e. The molecule has 0 rings (SSSR count). The number of ketones is 1. The Balaban J connectivity index is 4.14. The van der Waals surface area contributed by atoms with E-state index in [0.717, 1.165) is 6.42 Å². The van der Waals surface area contributed by atoms with Crippen molar-refractivity contribution in [2.75, 3.05) is 0 Å². The molecule has 2 nitrogen and oxygen atoms in total. The van der Waals surface area contributed by atoms with Crippen molar-refractivity contribution in [3.05, 3.63) is 11.6 Å². The summed E-state index contributed by atoms with van der Waals surface area (Å²) in [5.41, 5.74) is 0.275. The minimum atomic E-state index is -0.160. The fourth-order valence-corrected chi connectivity index (χ4v) is 0.495. The predicted octanol–water partition coefficient (Wildman–Crippen LogP) is 1.11. The first-order valence-corrected chi connectivity index (χ1v) is 2.88. The van der Waals surface area contributed by atoms with Crippen molar-refractivity contribution < 1.29 is 9.59 Å². The quantitative estimate of drug-likeness (QED) is 0.246. The van der Waals surface area contributed by atoms with Gasteiger partial charge in [-0.15, -0.1) is 0 Å². The number of rotatable bonds is 3. The number of hydrogen-bond acceptors (Lipinski definition) is 2. The zero-order valence-corrected chi connectivity index (χ0v) is 5.68. The van der Waals surface area contributed by atoms with E-state index >= 15 is 0 Å². The third-order valence-corrected chi connectivity index (χ3v) is 0.958. The Bertz CT molecular complexity index is 145. The van der Waals surface area contributed by atoms with Gasteiger partial charge in [0.15, 0.2) is 12.1 Å². The minimum Gasteiger partial charge on any atom is -0.298 e. The van der Waals surface area contributed by atoms with Crippen LogP contribution in [0.15, 0.2) is 11.6 Å². The number of carbonyl (C=O) groups excluding carboxylic acids is 2. The van der Waals surface area contributed by atoms with Crippen LogP contribution in [0, 0.1) is 0 Å². The van der Waals surface area contributed by atoms with Crippen LogP contribution in [0.25, 0.3) is 0 Å². The Kier molecular flexibility index (Phi) is 3.60. The van der Waals surface area contributed by atoms with Crippen LogP contribution < -0.4 is 0 Å². The molecule has 0 aromatic rings. The van der Waals surface area contributed by atoms with E-state index in [-0.39, 0.29) is 11.4 Å². The van der Waals surface area contributed by atoms with Crippen LogP contribution in [0.1, 0.15) is 20.3 Å². The maximum atomic E-state index is 10.5. The van der Waals surface area contributed by atoms with Crippen molar-refractivity contribution in [1.29, 1.82) is 0 Å². The highest BCUT2D eigenvalue weighted by molar-refractivity contribution is 6.10. The normalized spacial score (nSPS) is 11.1. The fraction of sp³-hybridized carbons (Fsp3) is 0.429. The molecule has 0 heterocycles. The number of allylic oxidation sites excluding steroid dienone is 2. The molecule has 0 spiro atoms. The van der Waals surface area contributed by atoms with Crippen LogP contribution >= 0.6 is 0 Å². The number of aldehydes is 1. The second kappa shape index (κ2) is 4.01. The molecule has 0 bridgehead atoms. The lowest BCUT2D eigenvalue weighted by molar-refractivity contribution is -0.115. The average Bonchev–Trinajstić information content (AvgIpc) is 1.82. The Morgan fingerprint density at radius 2 is 2.11 bits per heavy atom. The van der Waals surface area contributed by atoms with Crippen LogP contribution in [0.5, 0.6) is 0 Å². The summed E-state index contributed by atoms with van der Waals surface area (Å²) < 4.78 is 0. The van der Waals surface area contributed by atoms with Crippen molar-refractivity contribution in [1.82, 2.24) is 0 Å². The van der Waals surface area contributed by atoms with Crippen molar-refractivity contribution in [3.8, 4) is 0 Å². The minimum absolute atomic E-state index is 0.160. The van der Waals surface area contributed by atoms with Crippen LogP contribution in [0.3, 0.4) is 0 Å². The SMILES string of the molecule is CC/C=C(\C=O)C(C)=O. The molecule has 0 saturated carbocycles. The summed E-state index contributed by atoms with van der Waals surface area (Å²) in [5.74, 6) is -0.160. The van der Waals surface area contributed by atoms with Gasteiger partial charge in [0, 0.05) is 0 Å². The van der Waals surface area contributed by atoms with Gasteiger partial charge in [-0.2, -0.15) is 0 Å². The Hall–Kier alpha value is -0.920. The number of Topliss-reactive ketones (excluding diaryl/α,β-unsaturated/α-hetero) is 1. The van der Waals surface area contributed by atoms with E-state index in [1.54, 1.807) is 6.08 Å². The molecule has 0 amide bonds. The standard InChI is InChI=1S/C7H10O2/c1-3-4-7(5-8)6(2)9/h4-5H,3H2,1-2H3/b7-4+. The summed E-state index contributed by atoms with van der Waals surface area (Å²) in [7, 11) is 0. The van der Waals surface area contributed by atoms with E-state index < -0.39 is 0 Å². The van der Waals surface area contributed by atoms with Gasteiger partial charge in [0.1, 0.15) is 0 Å². The van der Waals surface area contributed by atoms with E-state index in [9.17, 15) is 9.59 Å². The van der Waals surface area contributed by atoms with Crippen molar-refractivity contribution >= 4 is 12.1 Å². The molecule has 0 saturated heterocycles. The molecule has 0 N–H and O–H groups in total. The molecule has 2 heteroatoms. The highest BCUT2D eigenvalue weighted by Crippen LogP contribution is 1.92. The number of carbonyl (C=O) groups is 2. The third-order valence-electron chi connectivity index (χ3n) is 0.958. The molecule has 0 atom stereocenters. The predicted molar refractivity (Wildman–Crippen MR) is 35.1 cm³/mol. The second-order valence-corrected chi connectivity index (χ2v) is 1.74. The maximum absolute atomic E-state index is 10.5. The van der Waals surface area contributed by atoms with Gasteiger partial charge < -0.3 is 0 Å². The van der Waals surface area contributed by atoms with E-state index in [1.165, 1.54) is 6.92 Å². The molecular formula is C7H10O2. The first-order chi connectivity index (χ1) is 4.22. The van der Waals surface area contributed by atoms with E-state index in [0.29, 0.717) is 6.29 Å². The monoisotopic (exact) mass is 126 g/mol. The van der Waals surface area contributed by atoms with E-state index in [4.69, 9.17) is 0 Å². The van der Waals surface area contributed by atoms with Crippen LogP contribution in [0.2, 0.25) is 0 Å². The summed E-state index contributed by atoms with van der Waals surface area (Å²) in [6, 6.07) is 0. The molecule has 9 heavy (non-hydrogen) atoms. The lowest BCUT2D eigenvalue weighted by Gasteiger charge is -1.87. The van der Waals surface area contributed by atoms with Gasteiger partial charge in [-0.25, -0.2) is 0 Å². The fourth-order valence-electron chi connectivity index (χ4n) is 0.495. The molecule has 0 aromatic carbocycles. The smallest absolute Gasteiger partial charge is 0.162 e.